The van der Waals surface area contributed by atoms with E-state index in [0.29, 0.717) is 5.70 Å². The van der Waals surface area contributed by atoms with Crippen molar-refractivity contribution in [2.24, 2.45) is 7.05 Å². The predicted molar refractivity (Wildman–Crippen MR) is 101 cm³/mol. The molecule has 3 amide bonds. The zero-order valence-electron chi connectivity index (χ0n) is 14.7. The van der Waals surface area contributed by atoms with E-state index in [2.05, 4.69) is 5.32 Å². The van der Waals surface area contributed by atoms with Crippen LogP contribution in [0.4, 0.5) is 4.79 Å². The van der Waals surface area contributed by atoms with Crippen molar-refractivity contribution in [3.8, 4) is 0 Å². The van der Waals surface area contributed by atoms with Crippen LogP contribution in [0.2, 0.25) is 0 Å². The second-order valence-corrected chi connectivity index (χ2v) is 6.58. The number of imide groups is 1. The first-order valence-corrected chi connectivity index (χ1v) is 8.47. The Labute approximate surface area is 151 Å². The number of urea groups is 1. The molecule has 0 unspecified atom stereocenters. The lowest BCUT2D eigenvalue weighted by atomic mass is 10.1. The van der Waals surface area contributed by atoms with Crippen LogP contribution < -0.4 is 5.32 Å². The molecule has 0 aliphatic carbocycles. The molecule has 0 saturated carbocycles. The molecule has 4 rings (SSSR count). The average Bonchev–Trinajstić information content (AvgIpc) is 3.07. The van der Waals surface area contributed by atoms with E-state index in [-0.39, 0.29) is 18.5 Å². The lowest BCUT2D eigenvalue weighted by Crippen LogP contribution is -2.30. The number of hydrogen-bond acceptors (Lipinski definition) is 2. The third-order valence-electron chi connectivity index (χ3n) is 4.61. The summed E-state index contributed by atoms with van der Waals surface area (Å²) in [5, 5.41) is 3.74. The number of aromatic nitrogens is 1. The molecule has 2 aromatic carbocycles. The highest BCUT2D eigenvalue weighted by Crippen LogP contribution is 2.24. The summed E-state index contributed by atoms with van der Waals surface area (Å²) in [5.41, 5.74) is 4.32. The van der Waals surface area contributed by atoms with E-state index in [1.807, 2.05) is 73.3 Å². The van der Waals surface area contributed by atoms with E-state index < -0.39 is 0 Å². The van der Waals surface area contributed by atoms with Gasteiger partial charge in [-0.25, -0.2) is 4.79 Å². The van der Waals surface area contributed by atoms with Crippen LogP contribution in [0.1, 0.15) is 16.7 Å². The number of carbonyl (C=O) groups is 2. The van der Waals surface area contributed by atoms with Crippen LogP contribution in [0.5, 0.6) is 0 Å². The Hall–Kier alpha value is -3.34. The minimum atomic E-state index is -0.386. The van der Waals surface area contributed by atoms with Gasteiger partial charge in [0.2, 0.25) is 0 Å². The van der Waals surface area contributed by atoms with Gasteiger partial charge in [0.25, 0.3) is 5.91 Å². The van der Waals surface area contributed by atoms with Gasteiger partial charge in [0.15, 0.2) is 0 Å². The van der Waals surface area contributed by atoms with E-state index in [1.165, 1.54) is 4.90 Å². The van der Waals surface area contributed by atoms with Gasteiger partial charge in [0, 0.05) is 29.7 Å². The number of amides is 3. The number of nitrogens with zero attached hydrogens (tertiary/aromatic N) is 2. The number of benzene rings is 2. The minimum Gasteiger partial charge on any atom is -0.350 e. The fraction of sp³-hybridized carbons (Fsp3) is 0.143. The molecule has 0 bridgehead atoms. The zero-order valence-corrected chi connectivity index (χ0v) is 14.7. The molecule has 1 aromatic heterocycles. The summed E-state index contributed by atoms with van der Waals surface area (Å²) < 4.78 is 2.01. The van der Waals surface area contributed by atoms with Gasteiger partial charge >= 0.3 is 6.03 Å². The first kappa shape index (κ1) is 16.1. The van der Waals surface area contributed by atoms with Crippen LogP contribution in [0.15, 0.2) is 60.4 Å². The largest absolute Gasteiger partial charge is 0.350 e. The second-order valence-electron chi connectivity index (χ2n) is 6.58. The molecule has 130 valence electrons. The molecule has 1 N–H and O–H groups in total. The second kappa shape index (κ2) is 6.19. The number of carbonyl (C=O) groups excluding carboxylic acids is 2. The van der Waals surface area contributed by atoms with Crippen LogP contribution in [-0.2, 0) is 18.4 Å². The number of aryl methyl sites for hydroxylation is 2. The molecule has 2 heterocycles. The quantitative estimate of drug-likeness (QED) is 0.583. The topological polar surface area (TPSA) is 54.3 Å². The first-order chi connectivity index (χ1) is 12.5. The van der Waals surface area contributed by atoms with Gasteiger partial charge in [0.05, 0.1) is 6.54 Å². The molecule has 5 heteroatoms. The first-order valence-electron chi connectivity index (χ1n) is 8.47. The van der Waals surface area contributed by atoms with E-state index in [9.17, 15) is 9.59 Å². The van der Waals surface area contributed by atoms with Crippen molar-refractivity contribution < 1.29 is 9.59 Å². The third-order valence-corrected chi connectivity index (χ3v) is 4.61. The van der Waals surface area contributed by atoms with E-state index in [4.69, 9.17) is 0 Å². The molecule has 1 fully saturated rings. The smallest absolute Gasteiger partial charge is 0.329 e. The average molecular weight is 345 g/mol. The Morgan fingerprint density at radius 1 is 1.08 bits per heavy atom. The van der Waals surface area contributed by atoms with Crippen LogP contribution in [0.3, 0.4) is 0 Å². The monoisotopic (exact) mass is 345 g/mol. The van der Waals surface area contributed by atoms with Gasteiger partial charge in [-0.2, -0.15) is 0 Å². The molecule has 26 heavy (non-hydrogen) atoms. The highest BCUT2D eigenvalue weighted by molar-refractivity contribution is 6.14. The molecule has 0 spiro atoms. The summed E-state index contributed by atoms with van der Waals surface area (Å²) in [7, 11) is 1.96. The van der Waals surface area contributed by atoms with E-state index in [0.717, 1.165) is 27.6 Å². The van der Waals surface area contributed by atoms with Crippen molar-refractivity contribution in [3.05, 3.63) is 77.1 Å². The maximum atomic E-state index is 12.7. The highest BCUT2D eigenvalue weighted by Gasteiger charge is 2.33. The summed E-state index contributed by atoms with van der Waals surface area (Å²) in [5.74, 6) is -0.301. The maximum Gasteiger partial charge on any atom is 0.329 e. The number of fused-ring (bicyclic) bond motifs is 1. The van der Waals surface area contributed by atoms with Crippen molar-refractivity contribution in [3.63, 3.8) is 0 Å². The molecule has 1 saturated heterocycles. The van der Waals surface area contributed by atoms with Crippen molar-refractivity contribution >= 4 is 28.9 Å². The predicted octanol–water partition coefficient (Wildman–Crippen LogP) is 3.58. The van der Waals surface area contributed by atoms with Gasteiger partial charge in [-0.15, -0.1) is 0 Å². The number of hydrogen-bond donors (Lipinski definition) is 1. The van der Waals surface area contributed by atoms with Gasteiger partial charge in [0.1, 0.15) is 5.70 Å². The molecule has 0 radical (unpaired) electrons. The normalized spacial score (nSPS) is 15.9. The van der Waals surface area contributed by atoms with Gasteiger partial charge in [-0.3, -0.25) is 9.69 Å². The van der Waals surface area contributed by atoms with Gasteiger partial charge in [-0.1, -0.05) is 48.0 Å². The fourth-order valence-electron chi connectivity index (χ4n) is 3.35. The Balaban J connectivity index is 1.65. The van der Waals surface area contributed by atoms with Crippen molar-refractivity contribution in [1.29, 1.82) is 0 Å². The Kier molecular flexibility index (Phi) is 3.84. The van der Waals surface area contributed by atoms with Crippen LogP contribution in [0.25, 0.3) is 17.0 Å². The highest BCUT2D eigenvalue weighted by atomic mass is 16.2. The Bertz CT molecular complexity index is 1060. The minimum absolute atomic E-state index is 0.263. The van der Waals surface area contributed by atoms with Crippen LogP contribution >= 0.6 is 0 Å². The van der Waals surface area contributed by atoms with Crippen LogP contribution in [-0.4, -0.2) is 21.4 Å². The van der Waals surface area contributed by atoms with E-state index in [1.54, 1.807) is 6.08 Å². The maximum absolute atomic E-state index is 12.7. The van der Waals surface area contributed by atoms with Crippen LogP contribution in [0, 0.1) is 6.92 Å². The molecular formula is C21H19N3O2. The van der Waals surface area contributed by atoms with Crippen molar-refractivity contribution in [2.75, 3.05) is 0 Å². The summed E-state index contributed by atoms with van der Waals surface area (Å²) in [6.07, 6.45) is 3.71. The van der Waals surface area contributed by atoms with Gasteiger partial charge < -0.3 is 9.88 Å². The number of nitrogens with one attached hydrogen (secondary N) is 1. The third kappa shape index (κ3) is 2.77. The Morgan fingerprint density at radius 3 is 2.69 bits per heavy atom. The van der Waals surface area contributed by atoms with Gasteiger partial charge in [-0.05, 0) is 24.6 Å². The zero-order chi connectivity index (χ0) is 18.3. The lowest BCUT2D eigenvalue weighted by molar-refractivity contribution is -0.123. The van der Waals surface area contributed by atoms with Crippen molar-refractivity contribution in [2.45, 2.75) is 13.5 Å². The molecule has 1 aliphatic rings. The molecule has 0 atom stereocenters. The fourth-order valence-corrected chi connectivity index (χ4v) is 3.35. The summed E-state index contributed by atoms with van der Waals surface area (Å²) >= 11 is 0. The van der Waals surface area contributed by atoms with Crippen molar-refractivity contribution in [1.82, 2.24) is 14.8 Å². The molecule has 5 nitrogen and oxygen atoms in total. The standard InChI is InChI=1S/C21H19N3O2/c1-14-6-5-7-15(10-14)12-24-20(25)18(22-21(24)26)11-16-13-23(2)19-9-4-3-8-17(16)19/h3-11,13H,12H2,1-2H3,(H,22,26). The number of rotatable bonds is 3. The Morgan fingerprint density at radius 2 is 1.88 bits per heavy atom. The molecule has 3 aromatic rings. The molecule has 1 aliphatic heterocycles. The molecular weight excluding hydrogens is 326 g/mol. The lowest BCUT2D eigenvalue weighted by Gasteiger charge is -2.12. The summed E-state index contributed by atoms with van der Waals surface area (Å²) in [4.78, 5) is 26.3. The summed E-state index contributed by atoms with van der Waals surface area (Å²) in [6.45, 7) is 2.25. The SMILES string of the molecule is Cc1cccc(CN2C(=O)NC(=Cc3cn(C)c4ccccc34)C2=O)c1. The summed E-state index contributed by atoms with van der Waals surface area (Å²) in [6, 6.07) is 15.4. The van der Waals surface area contributed by atoms with E-state index >= 15 is 0 Å². The number of para-hydroxylation sites is 1.